The maximum atomic E-state index is 14.7. The molecular weight excluding hydrogens is 534 g/mol. The summed E-state index contributed by atoms with van der Waals surface area (Å²) in [5.41, 5.74) is -0.202. The Balaban J connectivity index is 1.76. The zero-order chi connectivity index (χ0) is 22.6. The lowest BCUT2D eigenvalue weighted by Gasteiger charge is -2.27. The first kappa shape index (κ1) is 24.2. The van der Waals surface area contributed by atoms with Crippen molar-refractivity contribution in [2.75, 3.05) is 31.1 Å². The standard InChI is InChI=1S/C22H29ClFIN4O2/c1-22(2,3)31-21(30)29-11-6-4-5-9-28(10-7-8-12-29)20-15-13-16(23)18(25)17(24)19(15)26-14-27-20/h13-14H,4-12H2,1-3H3. The lowest BCUT2D eigenvalue weighted by Crippen LogP contribution is -2.38. The summed E-state index contributed by atoms with van der Waals surface area (Å²) in [5.74, 6) is 0.308. The molecule has 0 saturated carbocycles. The average Bonchev–Trinajstić information content (AvgIpc) is 2.75. The SMILES string of the molecule is CC(C)(C)OC(=O)N1CCCCCN(c2ncnc3c(F)c(I)c(Cl)cc23)CCCC1. The van der Waals surface area contributed by atoms with Gasteiger partial charge in [-0.25, -0.2) is 19.2 Å². The maximum Gasteiger partial charge on any atom is 0.410 e. The number of nitrogens with zero attached hydrogens (tertiary/aromatic N) is 4. The number of anilines is 1. The zero-order valence-electron chi connectivity index (χ0n) is 18.3. The molecule has 1 saturated heterocycles. The van der Waals surface area contributed by atoms with Crippen molar-refractivity contribution < 1.29 is 13.9 Å². The summed E-state index contributed by atoms with van der Waals surface area (Å²) >= 11 is 8.15. The molecule has 1 aliphatic heterocycles. The Hall–Kier alpha value is -1.42. The molecular formula is C22H29ClFIN4O2. The molecule has 31 heavy (non-hydrogen) atoms. The molecule has 0 unspecified atom stereocenters. The highest BCUT2D eigenvalue weighted by Gasteiger charge is 2.23. The van der Waals surface area contributed by atoms with E-state index in [1.165, 1.54) is 6.33 Å². The third-order valence-electron chi connectivity index (χ3n) is 5.16. The molecule has 0 spiro atoms. The van der Waals surface area contributed by atoms with E-state index in [1.54, 1.807) is 6.07 Å². The average molecular weight is 563 g/mol. The number of carbonyl (C=O) groups excluding carboxylic acids is 1. The van der Waals surface area contributed by atoms with Crippen molar-refractivity contribution in [2.24, 2.45) is 0 Å². The highest BCUT2D eigenvalue weighted by molar-refractivity contribution is 14.1. The molecule has 0 bridgehead atoms. The first-order chi connectivity index (χ1) is 14.7. The molecule has 1 aliphatic rings. The Morgan fingerprint density at radius 1 is 1.10 bits per heavy atom. The number of fused-ring (bicyclic) bond motifs is 1. The highest BCUT2D eigenvalue weighted by Crippen LogP contribution is 2.32. The second-order valence-corrected chi connectivity index (χ2v) is 10.3. The lowest BCUT2D eigenvalue weighted by molar-refractivity contribution is 0.0244. The van der Waals surface area contributed by atoms with Crippen LogP contribution in [0.3, 0.4) is 0 Å². The number of hydrogen-bond donors (Lipinski definition) is 0. The Morgan fingerprint density at radius 2 is 1.71 bits per heavy atom. The van der Waals surface area contributed by atoms with Gasteiger partial charge in [-0.15, -0.1) is 0 Å². The predicted molar refractivity (Wildman–Crippen MR) is 130 cm³/mol. The van der Waals surface area contributed by atoms with Crippen LogP contribution >= 0.6 is 34.2 Å². The molecule has 1 aromatic carbocycles. The van der Waals surface area contributed by atoms with Gasteiger partial charge in [0.25, 0.3) is 0 Å². The van der Waals surface area contributed by atoms with Crippen molar-refractivity contribution in [3.8, 4) is 0 Å². The van der Waals surface area contributed by atoms with Crippen molar-refractivity contribution in [1.82, 2.24) is 14.9 Å². The van der Waals surface area contributed by atoms with Gasteiger partial charge in [0.15, 0.2) is 5.82 Å². The largest absolute Gasteiger partial charge is 0.444 e. The summed E-state index contributed by atoms with van der Waals surface area (Å²) in [6, 6.07) is 1.76. The lowest BCUT2D eigenvalue weighted by atomic mass is 10.2. The Bertz CT molecular complexity index is 938. The quantitative estimate of drug-likeness (QED) is 0.314. The van der Waals surface area contributed by atoms with Crippen LogP contribution in [-0.4, -0.2) is 52.7 Å². The van der Waals surface area contributed by atoms with Gasteiger partial charge in [-0.1, -0.05) is 11.6 Å². The van der Waals surface area contributed by atoms with Crippen LogP contribution in [0.4, 0.5) is 15.0 Å². The van der Waals surface area contributed by atoms with E-state index in [0.29, 0.717) is 38.4 Å². The van der Waals surface area contributed by atoms with Gasteiger partial charge >= 0.3 is 6.09 Å². The Kier molecular flexibility index (Phi) is 8.18. The zero-order valence-corrected chi connectivity index (χ0v) is 21.2. The number of aromatic nitrogens is 2. The topological polar surface area (TPSA) is 58.6 Å². The van der Waals surface area contributed by atoms with E-state index in [1.807, 2.05) is 48.3 Å². The third kappa shape index (κ3) is 6.31. The second-order valence-electron chi connectivity index (χ2n) is 8.80. The minimum absolute atomic E-state index is 0.245. The van der Waals surface area contributed by atoms with Gasteiger partial charge in [-0.3, -0.25) is 0 Å². The van der Waals surface area contributed by atoms with Crippen molar-refractivity contribution >= 4 is 57.0 Å². The smallest absolute Gasteiger partial charge is 0.410 e. The molecule has 1 fully saturated rings. The number of ether oxygens (including phenoxy) is 1. The summed E-state index contributed by atoms with van der Waals surface area (Å²) in [6.45, 7) is 8.59. The minimum Gasteiger partial charge on any atom is -0.444 e. The van der Waals surface area contributed by atoms with Crippen LogP contribution in [0.5, 0.6) is 0 Å². The van der Waals surface area contributed by atoms with Gasteiger partial charge in [0.05, 0.1) is 8.59 Å². The van der Waals surface area contributed by atoms with Crippen molar-refractivity contribution in [1.29, 1.82) is 0 Å². The van der Waals surface area contributed by atoms with E-state index in [2.05, 4.69) is 14.9 Å². The molecule has 1 aromatic heterocycles. The van der Waals surface area contributed by atoms with Crippen LogP contribution < -0.4 is 4.90 Å². The highest BCUT2D eigenvalue weighted by atomic mass is 127. The van der Waals surface area contributed by atoms with Crippen molar-refractivity contribution in [3.63, 3.8) is 0 Å². The van der Waals surface area contributed by atoms with E-state index in [4.69, 9.17) is 16.3 Å². The summed E-state index contributed by atoms with van der Waals surface area (Å²) in [6.07, 6.45) is 5.75. The van der Waals surface area contributed by atoms with Crippen LogP contribution in [0.1, 0.15) is 52.9 Å². The predicted octanol–water partition coefficient (Wildman–Crippen LogP) is 6.03. The summed E-state index contributed by atoms with van der Waals surface area (Å²) < 4.78 is 20.6. The van der Waals surface area contributed by atoms with Crippen molar-refractivity contribution in [2.45, 2.75) is 58.5 Å². The van der Waals surface area contributed by atoms with Crippen LogP contribution in [-0.2, 0) is 4.74 Å². The van der Waals surface area contributed by atoms with Gasteiger partial charge in [0.2, 0.25) is 0 Å². The van der Waals surface area contributed by atoms with Gasteiger partial charge in [0.1, 0.15) is 23.3 Å². The van der Waals surface area contributed by atoms with E-state index < -0.39 is 11.4 Å². The molecule has 0 radical (unpaired) electrons. The molecule has 9 heteroatoms. The number of amides is 1. The van der Waals surface area contributed by atoms with E-state index >= 15 is 0 Å². The third-order valence-corrected chi connectivity index (χ3v) is 6.83. The summed E-state index contributed by atoms with van der Waals surface area (Å²) in [7, 11) is 0. The number of hydrogen-bond acceptors (Lipinski definition) is 5. The van der Waals surface area contributed by atoms with Crippen LogP contribution in [0, 0.1) is 9.39 Å². The monoisotopic (exact) mass is 562 g/mol. The number of benzene rings is 1. The Labute approximate surface area is 201 Å². The second kappa shape index (κ2) is 10.5. The van der Waals surface area contributed by atoms with Crippen LogP contribution in [0.2, 0.25) is 5.02 Å². The van der Waals surface area contributed by atoms with E-state index in [9.17, 15) is 9.18 Å². The van der Waals surface area contributed by atoms with Gasteiger partial charge in [-0.05, 0) is 81.5 Å². The molecule has 3 rings (SSSR count). The molecule has 2 aromatic rings. The maximum absolute atomic E-state index is 14.7. The molecule has 6 nitrogen and oxygen atoms in total. The number of carbonyl (C=O) groups is 1. The van der Waals surface area contributed by atoms with Gasteiger partial charge < -0.3 is 14.5 Å². The number of halogens is 3. The van der Waals surface area contributed by atoms with E-state index in [-0.39, 0.29) is 6.09 Å². The first-order valence-electron chi connectivity index (χ1n) is 10.7. The molecule has 170 valence electrons. The molecule has 0 aliphatic carbocycles. The molecule has 0 atom stereocenters. The normalized spacial score (nSPS) is 16.8. The minimum atomic E-state index is -0.497. The first-order valence-corrected chi connectivity index (χ1v) is 12.1. The fourth-order valence-corrected chi connectivity index (χ4v) is 4.28. The van der Waals surface area contributed by atoms with Crippen LogP contribution in [0.25, 0.3) is 10.9 Å². The van der Waals surface area contributed by atoms with E-state index in [0.717, 1.165) is 45.2 Å². The summed E-state index contributed by atoms with van der Waals surface area (Å²) in [5, 5.41) is 1.00. The molecule has 1 amide bonds. The summed E-state index contributed by atoms with van der Waals surface area (Å²) in [4.78, 5) is 25.2. The van der Waals surface area contributed by atoms with Gasteiger partial charge in [0, 0.05) is 31.6 Å². The van der Waals surface area contributed by atoms with Crippen molar-refractivity contribution in [3.05, 3.63) is 26.8 Å². The van der Waals surface area contributed by atoms with Gasteiger partial charge in [-0.2, -0.15) is 0 Å². The van der Waals surface area contributed by atoms with Crippen LogP contribution in [0.15, 0.2) is 12.4 Å². The Morgan fingerprint density at radius 3 is 2.39 bits per heavy atom. The molecule has 0 N–H and O–H groups in total. The fourth-order valence-electron chi connectivity index (χ4n) is 3.68. The molecule has 2 heterocycles. The number of rotatable bonds is 1. The fraction of sp³-hybridized carbons (Fsp3) is 0.591.